The topological polar surface area (TPSA) is 106 Å². The fourth-order valence-corrected chi connectivity index (χ4v) is 5.67. The second-order valence-corrected chi connectivity index (χ2v) is 10.5. The zero-order valence-corrected chi connectivity index (χ0v) is 21.7. The van der Waals surface area contributed by atoms with E-state index in [9.17, 15) is 0 Å². The van der Waals surface area contributed by atoms with Crippen molar-refractivity contribution >= 4 is 27.8 Å². The fraction of sp³-hybridized carbons (Fsp3) is 0.393. The van der Waals surface area contributed by atoms with Crippen LogP contribution in [-0.4, -0.2) is 91.2 Å². The Morgan fingerprint density at radius 3 is 2.66 bits per heavy atom. The van der Waals surface area contributed by atoms with Gasteiger partial charge in [-0.1, -0.05) is 6.42 Å². The number of fused-ring (bicyclic) bond motifs is 2. The van der Waals surface area contributed by atoms with Crippen LogP contribution in [-0.2, 0) is 6.54 Å². The normalized spacial score (nSPS) is 17.6. The average molecular weight is 509 g/mol. The molecule has 5 aromatic rings. The first-order valence-electron chi connectivity index (χ1n) is 13.5. The number of imidazole rings is 1. The number of pyridine rings is 3. The van der Waals surface area contributed by atoms with Crippen LogP contribution in [0, 0.1) is 0 Å². The molecule has 2 saturated heterocycles. The Morgan fingerprint density at radius 1 is 0.921 bits per heavy atom. The van der Waals surface area contributed by atoms with Crippen molar-refractivity contribution < 1.29 is 0 Å². The van der Waals surface area contributed by atoms with E-state index in [2.05, 4.69) is 65.1 Å². The van der Waals surface area contributed by atoms with Gasteiger partial charge in [-0.25, -0.2) is 9.97 Å². The molecule has 7 heterocycles. The molecule has 0 aromatic carbocycles. The van der Waals surface area contributed by atoms with E-state index in [4.69, 9.17) is 9.97 Å². The standard InChI is InChI=1S/C28H32N10/c1-36-9-11-38(12-10-36)24-5-6-30-27-26(24)32-28(33-27)25-21-14-22(31-17-23(21)34-35-25)20-13-19(15-29-16-20)18-37-7-3-2-4-8-37/h5-6,13-17H,2-4,7-12,18H2,1H3,(H,34,35)(H,30,32,33). The highest BCUT2D eigenvalue weighted by atomic mass is 15.3. The summed E-state index contributed by atoms with van der Waals surface area (Å²) in [5.74, 6) is 0.703. The maximum atomic E-state index is 4.83. The van der Waals surface area contributed by atoms with Crippen LogP contribution in [0.2, 0.25) is 0 Å². The summed E-state index contributed by atoms with van der Waals surface area (Å²) in [7, 11) is 2.17. The van der Waals surface area contributed by atoms with Gasteiger partial charge in [0.2, 0.25) is 0 Å². The zero-order valence-electron chi connectivity index (χ0n) is 21.7. The lowest BCUT2D eigenvalue weighted by molar-refractivity contribution is 0.220. The van der Waals surface area contributed by atoms with Gasteiger partial charge in [0.1, 0.15) is 11.2 Å². The first-order valence-corrected chi connectivity index (χ1v) is 13.5. The van der Waals surface area contributed by atoms with Gasteiger partial charge >= 0.3 is 0 Å². The van der Waals surface area contributed by atoms with Crippen LogP contribution < -0.4 is 4.90 Å². The first kappa shape index (κ1) is 23.2. The molecule has 0 aliphatic carbocycles. The lowest BCUT2D eigenvalue weighted by Crippen LogP contribution is -2.44. The van der Waals surface area contributed by atoms with Crippen molar-refractivity contribution in [2.24, 2.45) is 0 Å². The Labute approximate surface area is 221 Å². The van der Waals surface area contributed by atoms with Crippen molar-refractivity contribution in [1.29, 1.82) is 0 Å². The minimum absolute atomic E-state index is 0.703. The number of piperazine rings is 1. The van der Waals surface area contributed by atoms with Crippen LogP contribution in [0.25, 0.3) is 44.8 Å². The molecule has 2 aliphatic rings. The van der Waals surface area contributed by atoms with Gasteiger partial charge in [0.25, 0.3) is 0 Å². The number of aromatic amines is 2. The third kappa shape index (κ3) is 4.39. The van der Waals surface area contributed by atoms with Crippen LogP contribution in [0.15, 0.2) is 43.0 Å². The summed E-state index contributed by atoms with van der Waals surface area (Å²) >= 11 is 0. The number of hydrogen-bond donors (Lipinski definition) is 2. The second-order valence-electron chi connectivity index (χ2n) is 10.5. The predicted octanol–water partition coefficient (Wildman–Crippen LogP) is 3.70. The Hall–Kier alpha value is -3.89. The molecule has 194 valence electrons. The number of aromatic nitrogens is 7. The number of likely N-dealkylation sites (tertiary alicyclic amines) is 1. The highest BCUT2D eigenvalue weighted by Crippen LogP contribution is 2.31. The van der Waals surface area contributed by atoms with Gasteiger partial charge in [-0.3, -0.25) is 20.0 Å². The van der Waals surface area contributed by atoms with E-state index in [1.165, 1.54) is 24.8 Å². The second kappa shape index (κ2) is 9.77. The van der Waals surface area contributed by atoms with Gasteiger partial charge in [0.05, 0.1) is 23.1 Å². The van der Waals surface area contributed by atoms with Crippen molar-refractivity contribution in [2.75, 3.05) is 51.2 Å². The average Bonchev–Trinajstić information content (AvgIpc) is 3.58. The number of rotatable bonds is 5. The van der Waals surface area contributed by atoms with Crippen molar-refractivity contribution in [3.8, 4) is 22.8 Å². The van der Waals surface area contributed by atoms with E-state index in [0.717, 1.165) is 84.9 Å². The summed E-state index contributed by atoms with van der Waals surface area (Å²) < 4.78 is 0. The van der Waals surface area contributed by atoms with Crippen molar-refractivity contribution in [1.82, 2.24) is 44.9 Å². The van der Waals surface area contributed by atoms with Crippen LogP contribution >= 0.6 is 0 Å². The molecular weight excluding hydrogens is 476 g/mol. The molecule has 7 rings (SSSR count). The summed E-state index contributed by atoms with van der Waals surface area (Å²) in [4.78, 5) is 29.4. The van der Waals surface area contributed by atoms with Gasteiger partial charge in [0, 0.05) is 62.3 Å². The molecule has 0 radical (unpaired) electrons. The van der Waals surface area contributed by atoms with Gasteiger partial charge < -0.3 is 14.8 Å². The summed E-state index contributed by atoms with van der Waals surface area (Å²) in [5.41, 5.74) is 7.54. The van der Waals surface area contributed by atoms with Crippen LogP contribution in [0.1, 0.15) is 24.8 Å². The molecule has 10 nitrogen and oxygen atoms in total. The molecule has 5 aromatic heterocycles. The molecule has 38 heavy (non-hydrogen) atoms. The molecule has 2 fully saturated rings. The van der Waals surface area contributed by atoms with E-state index < -0.39 is 0 Å². The number of piperidine rings is 1. The Balaban J connectivity index is 1.22. The number of H-pyrrole nitrogens is 2. The number of nitrogens with one attached hydrogen (secondary N) is 2. The number of likely N-dealkylation sites (N-methyl/N-ethyl adjacent to an activating group) is 1. The van der Waals surface area contributed by atoms with E-state index in [1.54, 1.807) is 0 Å². The molecule has 10 heteroatoms. The van der Waals surface area contributed by atoms with E-state index in [1.807, 2.05) is 24.8 Å². The van der Waals surface area contributed by atoms with Gasteiger partial charge in [-0.05, 0) is 56.7 Å². The Kier molecular flexibility index (Phi) is 5.98. The van der Waals surface area contributed by atoms with Crippen LogP contribution in [0.3, 0.4) is 0 Å². The Morgan fingerprint density at radius 2 is 1.79 bits per heavy atom. The lowest BCUT2D eigenvalue weighted by Gasteiger charge is -2.34. The highest BCUT2D eigenvalue weighted by Gasteiger charge is 2.21. The monoisotopic (exact) mass is 508 g/mol. The van der Waals surface area contributed by atoms with Gasteiger partial charge in [-0.2, -0.15) is 5.10 Å². The minimum Gasteiger partial charge on any atom is -0.367 e. The molecule has 0 spiro atoms. The molecular formula is C28H32N10. The summed E-state index contributed by atoms with van der Waals surface area (Å²) in [6.07, 6.45) is 11.4. The van der Waals surface area contributed by atoms with Crippen molar-refractivity contribution in [2.45, 2.75) is 25.8 Å². The predicted molar refractivity (Wildman–Crippen MR) is 149 cm³/mol. The van der Waals surface area contributed by atoms with Crippen LogP contribution in [0.5, 0.6) is 0 Å². The lowest BCUT2D eigenvalue weighted by atomic mass is 10.1. The molecule has 0 saturated carbocycles. The number of anilines is 1. The fourth-order valence-electron chi connectivity index (χ4n) is 5.67. The maximum absolute atomic E-state index is 4.83. The van der Waals surface area contributed by atoms with E-state index in [-0.39, 0.29) is 0 Å². The molecule has 0 atom stereocenters. The summed E-state index contributed by atoms with van der Waals surface area (Å²) in [6.45, 7) is 7.30. The minimum atomic E-state index is 0.703. The summed E-state index contributed by atoms with van der Waals surface area (Å²) in [6, 6.07) is 6.37. The first-order chi connectivity index (χ1) is 18.7. The van der Waals surface area contributed by atoms with Crippen molar-refractivity contribution in [3.63, 3.8) is 0 Å². The van der Waals surface area contributed by atoms with Crippen molar-refractivity contribution in [3.05, 3.63) is 48.5 Å². The highest BCUT2D eigenvalue weighted by molar-refractivity contribution is 5.95. The quantitative estimate of drug-likeness (QED) is 0.370. The largest absolute Gasteiger partial charge is 0.367 e. The van der Waals surface area contributed by atoms with Gasteiger partial charge in [0.15, 0.2) is 11.5 Å². The number of hydrogen-bond acceptors (Lipinski definition) is 8. The van der Waals surface area contributed by atoms with E-state index in [0.29, 0.717) is 11.5 Å². The van der Waals surface area contributed by atoms with E-state index >= 15 is 0 Å². The molecule has 0 bridgehead atoms. The Bertz CT molecular complexity index is 1570. The molecule has 2 N–H and O–H groups in total. The van der Waals surface area contributed by atoms with Gasteiger partial charge in [-0.15, -0.1) is 0 Å². The maximum Gasteiger partial charge on any atom is 0.180 e. The molecule has 2 aliphatic heterocycles. The molecule has 0 unspecified atom stereocenters. The summed E-state index contributed by atoms with van der Waals surface area (Å²) in [5, 5.41) is 8.71. The third-order valence-corrected chi connectivity index (χ3v) is 7.83. The SMILES string of the molecule is CN1CCN(c2ccnc3nc(-c4n[nH]c5cnc(-c6cncc(CN7CCCCC7)c6)cc45)[nH]c23)CC1. The molecule has 0 amide bonds. The third-order valence-electron chi connectivity index (χ3n) is 7.83. The number of nitrogens with zero attached hydrogens (tertiary/aromatic N) is 8. The van der Waals surface area contributed by atoms with Crippen LogP contribution in [0.4, 0.5) is 5.69 Å². The smallest absolute Gasteiger partial charge is 0.180 e. The zero-order chi connectivity index (χ0) is 25.5.